The highest BCUT2D eigenvalue weighted by Gasteiger charge is 2.13. The highest BCUT2D eigenvalue weighted by atomic mass is 35.5. The number of aromatic nitrogens is 1. The van der Waals surface area contributed by atoms with Crippen LogP contribution >= 0.6 is 23.2 Å². The second-order valence-corrected chi connectivity index (χ2v) is 4.71. The quantitative estimate of drug-likeness (QED) is 0.827. The summed E-state index contributed by atoms with van der Waals surface area (Å²) in [5.74, 6) is -0.476. The lowest BCUT2D eigenvalue weighted by Gasteiger charge is -2.17. The molecule has 1 N–H and O–H groups in total. The van der Waals surface area contributed by atoms with Crippen molar-refractivity contribution in [3.8, 4) is 0 Å². The number of hydrogen-bond acceptors (Lipinski definition) is 2. The molecule has 5 heteroatoms. The molecule has 0 spiro atoms. The third kappa shape index (κ3) is 2.92. The van der Waals surface area contributed by atoms with Crippen molar-refractivity contribution in [1.82, 2.24) is 4.98 Å². The number of rotatable bonds is 3. The van der Waals surface area contributed by atoms with E-state index in [4.69, 9.17) is 23.2 Å². The summed E-state index contributed by atoms with van der Waals surface area (Å²) in [4.78, 5) is 3.99. The molecule has 2 rings (SSSR count). The molecule has 1 aromatic carbocycles. The molecule has 1 heterocycles. The molecule has 18 heavy (non-hydrogen) atoms. The largest absolute Gasteiger partial charge is 0.377 e. The maximum Gasteiger partial charge on any atom is 0.142 e. The summed E-state index contributed by atoms with van der Waals surface area (Å²) in [6, 6.07) is 6.31. The lowest BCUT2D eigenvalue weighted by atomic mass is 10.1. The Labute approximate surface area is 115 Å². The molecule has 0 fully saturated rings. The zero-order valence-electron chi connectivity index (χ0n) is 9.62. The fraction of sp³-hybridized carbons (Fsp3) is 0.154. The zero-order chi connectivity index (χ0) is 13.1. The first-order chi connectivity index (χ1) is 8.58. The molecular weight excluding hydrogens is 274 g/mol. The third-order valence-electron chi connectivity index (χ3n) is 2.55. The number of pyridine rings is 1. The monoisotopic (exact) mass is 284 g/mol. The van der Waals surface area contributed by atoms with Gasteiger partial charge in [-0.2, -0.15) is 0 Å². The van der Waals surface area contributed by atoms with E-state index in [1.165, 1.54) is 12.1 Å². The van der Waals surface area contributed by atoms with Gasteiger partial charge in [-0.05, 0) is 36.8 Å². The first-order valence-electron chi connectivity index (χ1n) is 5.39. The Balaban J connectivity index is 2.24. The van der Waals surface area contributed by atoms with Crippen LogP contribution < -0.4 is 5.32 Å². The molecule has 1 unspecified atom stereocenters. The first-order valence-corrected chi connectivity index (χ1v) is 6.14. The molecule has 2 aromatic rings. The fourth-order valence-corrected chi connectivity index (χ4v) is 2.19. The number of hydrogen-bond donors (Lipinski definition) is 1. The first kappa shape index (κ1) is 13.1. The smallest absolute Gasteiger partial charge is 0.142 e. The summed E-state index contributed by atoms with van der Waals surface area (Å²) in [5, 5.41) is 3.65. The summed E-state index contributed by atoms with van der Waals surface area (Å²) >= 11 is 11.7. The van der Waals surface area contributed by atoms with Gasteiger partial charge < -0.3 is 5.32 Å². The SMILES string of the molecule is CC(Nc1cccnc1)c1cc(F)c(Cl)cc1Cl. The molecule has 1 aromatic heterocycles. The molecule has 2 nitrogen and oxygen atoms in total. The average Bonchev–Trinajstić information content (AvgIpc) is 2.35. The van der Waals surface area contributed by atoms with E-state index in [0.717, 1.165) is 5.69 Å². The van der Waals surface area contributed by atoms with Crippen molar-refractivity contribution in [1.29, 1.82) is 0 Å². The van der Waals surface area contributed by atoms with Crippen molar-refractivity contribution in [2.75, 3.05) is 5.32 Å². The lowest BCUT2D eigenvalue weighted by molar-refractivity contribution is 0.624. The number of halogens is 3. The second kappa shape index (κ2) is 5.55. The number of anilines is 1. The average molecular weight is 285 g/mol. The third-order valence-corrected chi connectivity index (χ3v) is 3.17. The summed E-state index contributed by atoms with van der Waals surface area (Å²) in [6.45, 7) is 1.89. The number of nitrogens with zero attached hydrogens (tertiary/aromatic N) is 1. The predicted molar refractivity (Wildman–Crippen MR) is 72.7 cm³/mol. The van der Waals surface area contributed by atoms with Crippen LogP contribution in [0.4, 0.5) is 10.1 Å². The summed E-state index contributed by atoms with van der Waals surface area (Å²) in [7, 11) is 0. The molecular formula is C13H11Cl2FN2. The van der Waals surface area contributed by atoms with E-state index in [2.05, 4.69) is 10.3 Å². The van der Waals surface area contributed by atoms with Crippen molar-refractivity contribution in [2.45, 2.75) is 13.0 Å². The Morgan fingerprint density at radius 2 is 2.06 bits per heavy atom. The summed E-state index contributed by atoms with van der Waals surface area (Å²) in [5.41, 5.74) is 1.50. The minimum atomic E-state index is -0.476. The molecule has 0 saturated heterocycles. The molecule has 0 aliphatic heterocycles. The minimum Gasteiger partial charge on any atom is -0.377 e. The van der Waals surface area contributed by atoms with Gasteiger partial charge in [-0.1, -0.05) is 23.2 Å². The maximum absolute atomic E-state index is 13.4. The van der Waals surface area contributed by atoms with Crippen LogP contribution in [0, 0.1) is 5.82 Å². The highest BCUT2D eigenvalue weighted by Crippen LogP contribution is 2.30. The van der Waals surface area contributed by atoms with Crippen LogP contribution in [0.2, 0.25) is 10.0 Å². The fourth-order valence-electron chi connectivity index (χ4n) is 1.65. The second-order valence-electron chi connectivity index (χ2n) is 3.90. The van der Waals surface area contributed by atoms with Crippen LogP contribution in [0.5, 0.6) is 0 Å². The van der Waals surface area contributed by atoms with Crippen LogP contribution in [0.15, 0.2) is 36.7 Å². The van der Waals surface area contributed by atoms with Gasteiger partial charge in [0.15, 0.2) is 0 Å². The molecule has 0 aliphatic carbocycles. The lowest BCUT2D eigenvalue weighted by Crippen LogP contribution is -2.07. The highest BCUT2D eigenvalue weighted by molar-refractivity contribution is 6.35. The standard InChI is InChI=1S/C13H11Cl2FN2/c1-8(18-9-3-2-4-17-7-9)10-5-13(16)12(15)6-11(10)14/h2-8,18H,1H3. The van der Waals surface area contributed by atoms with Crippen molar-refractivity contribution in [3.63, 3.8) is 0 Å². The maximum atomic E-state index is 13.4. The van der Waals surface area contributed by atoms with Crippen LogP contribution in [-0.2, 0) is 0 Å². The van der Waals surface area contributed by atoms with Gasteiger partial charge in [0, 0.05) is 17.4 Å². The van der Waals surface area contributed by atoms with Crippen LogP contribution in [0.3, 0.4) is 0 Å². The van der Waals surface area contributed by atoms with Gasteiger partial charge in [-0.25, -0.2) is 4.39 Å². The number of benzene rings is 1. The van der Waals surface area contributed by atoms with Crippen molar-refractivity contribution in [2.24, 2.45) is 0 Å². The van der Waals surface area contributed by atoms with E-state index in [9.17, 15) is 4.39 Å². The van der Waals surface area contributed by atoms with E-state index in [1.54, 1.807) is 12.4 Å². The molecule has 0 saturated carbocycles. The Morgan fingerprint density at radius 1 is 1.28 bits per heavy atom. The van der Waals surface area contributed by atoms with Gasteiger partial charge in [-0.15, -0.1) is 0 Å². The van der Waals surface area contributed by atoms with Crippen LogP contribution in [0.1, 0.15) is 18.5 Å². The van der Waals surface area contributed by atoms with E-state index < -0.39 is 5.82 Å². The van der Waals surface area contributed by atoms with E-state index in [-0.39, 0.29) is 11.1 Å². The molecule has 94 valence electrons. The van der Waals surface area contributed by atoms with E-state index in [0.29, 0.717) is 10.6 Å². The summed E-state index contributed by atoms with van der Waals surface area (Å²) < 4.78 is 13.4. The molecule has 0 radical (unpaired) electrons. The van der Waals surface area contributed by atoms with Crippen molar-refractivity contribution < 1.29 is 4.39 Å². The topological polar surface area (TPSA) is 24.9 Å². The van der Waals surface area contributed by atoms with Gasteiger partial charge in [0.1, 0.15) is 5.82 Å². The normalized spacial score (nSPS) is 12.2. The van der Waals surface area contributed by atoms with Gasteiger partial charge >= 0.3 is 0 Å². The minimum absolute atomic E-state index is 0.0253. The predicted octanol–water partition coefficient (Wildman–Crippen LogP) is 4.70. The Bertz CT molecular complexity index is 546. The van der Waals surface area contributed by atoms with Gasteiger partial charge in [0.25, 0.3) is 0 Å². The van der Waals surface area contributed by atoms with E-state index >= 15 is 0 Å². The van der Waals surface area contributed by atoms with Crippen LogP contribution in [0.25, 0.3) is 0 Å². The van der Waals surface area contributed by atoms with Crippen molar-refractivity contribution >= 4 is 28.9 Å². The Hall–Kier alpha value is -1.32. The zero-order valence-corrected chi connectivity index (χ0v) is 11.1. The Kier molecular flexibility index (Phi) is 4.04. The Morgan fingerprint density at radius 3 is 2.72 bits per heavy atom. The number of nitrogens with one attached hydrogen (secondary N) is 1. The van der Waals surface area contributed by atoms with Crippen LogP contribution in [-0.4, -0.2) is 4.98 Å². The van der Waals surface area contributed by atoms with Gasteiger partial charge in [0.05, 0.1) is 16.8 Å². The van der Waals surface area contributed by atoms with Crippen molar-refractivity contribution in [3.05, 3.63) is 58.1 Å². The molecule has 0 aliphatic rings. The van der Waals surface area contributed by atoms with Gasteiger partial charge in [0.2, 0.25) is 0 Å². The van der Waals surface area contributed by atoms with E-state index in [1.807, 2.05) is 19.1 Å². The molecule has 0 amide bonds. The summed E-state index contributed by atoms with van der Waals surface area (Å²) in [6.07, 6.45) is 3.38. The van der Waals surface area contributed by atoms with Gasteiger partial charge in [-0.3, -0.25) is 4.98 Å². The molecule has 0 bridgehead atoms. The molecule has 1 atom stereocenters.